The maximum absolute atomic E-state index is 12.7. The number of anilines is 2. The highest BCUT2D eigenvalue weighted by Gasteiger charge is 2.32. The van der Waals surface area contributed by atoms with Gasteiger partial charge in [-0.25, -0.2) is 9.59 Å². The Kier molecular flexibility index (Phi) is 7.74. The summed E-state index contributed by atoms with van der Waals surface area (Å²) in [6, 6.07) is 2.77. The molecule has 0 saturated carbocycles. The highest BCUT2D eigenvalue weighted by atomic mass is 16.6. The Bertz CT molecular complexity index is 1570. The molecule has 2 saturated heterocycles. The summed E-state index contributed by atoms with van der Waals surface area (Å²) in [6.45, 7) is 15.2. The predicted octanol–water partition coefficient (Wildman–Crippen LogP) is 3.36. The zero-order chi connectivity index (χ0) is 30.5. The number of fused-ring (bicyclic) bond motifs is 2. The van der Waals surface area contributed by atoms with Crippen molar-refractivity contribution in [3.8, 4) is 6.01 Å². The lowest BCUT2D eigenvalue weighted by atomic mass is 10.0. The van der Waals surface area contributed by atoms with E-state index in [2.05, 4.69) is 45.6 Å². The molecule has 232 valence electrons. The van der Waals surface area contributed by atoms with Gasteiger partial charge in [-0.15, -0.1) is 0 Å². The summed E-state index contributed by atoms with van der Waals surface area (Å²) in [7, 11) is 2.14. The molecule has 3 aromatic rings. The smallest absolute Gasteiger partial charge is 0.410 e. The number of likely N-dealkylation sites (tertiary alicyclic amines) is 1. The second kappa shape index (κ2) is 11.4. The van der Waals surface area contributed by atoms with E-state index in [-0.39, 0.29) is 11.8 Å². The monoisotopic (exact) mass is 592 g/mol. The van der Waals surface area contributed by atoms with Crippen molar-refractivity contribution in [1.29, 1.82) is 0 Å². The number of carbonyl (C=O) groups is 1. The van der Waals surface area contributed by atoms with Crippen LogP contribution in [0.15, 0.2) is 10.9 Å². The lowest BCUT2D eigenvalue weighted by Gasteiger charge is -2.38. The van der Waals surface area contributed by atoms with Gasteiger partial charge in [-0.1, -0.05) is 0 Å². The van der Waals surface area contributed by atoms with Crippen molar-refractivity contribution in [2.45, 2.75) is 72.1 Å². The Balaban J connectivity index is 1.29. The number of nitrogens with one attached hydrogen (secondary N) is 2. The van der Waals surface area contributed by atoms with Crippen LogP contribution < -0.4 is 20.2 Å². The van der Waals surface area contributed by atoms with Crippen molar-refractivity contribution in [2.24, 2.45) is 0 Å². The van der Waals surface area contributed by atoms with Crippen LogP contribution in [0.5, 0.6) is 6.01 Å². The van der Waals surface area contributed by atoms with E-state index < -0.39 is 5.60 Å². The van der Waals surface area contributed by atoms with Gasteiger partial charge in [0, 0.05) is 44.3 Å². The Morgan fingerprint density at radius 2 is 1.81 bits per heavy atom. The van der Waals surface area contributed by atoms with Crippen LogP contribution in [0.25, 0.3) is 11.0 Å². The van der Waals surface area contributed by atoms with Gasteiger partial charge in [0.2, 0.25) is 0 Å². The molecule has 6 rings (SSSR count). The topological polar surface area (TPSA) is 123 Å². The first kappa shape index (κ1) is 29.3. The Morgan fingerprint density at radius 1 is 1.05 bits per heavy atom. The third kappa shape index (κ3) is 6.02. The molecule has 1 amide bonds. The van der Waals surface area contributed by atoms with Crippen molar-refractivity contribution >= 4 is 28.6 Å². The summed E-state index contributed by atoms with van der Waals surface area (Å²) in [5.74, 6) is 0.893. The fourth-order valence-electron chi connectivity index (χ4n) is 6.48. The number of aromatic nitrogens is 4. The van der Waals surface area contributed by atoms with Crippen molar-refractivity contribution in [3.05, 3.63) is 38.9 Å². The number of amides is 1. The van der Waals surface area contributed by atoms with Crippen LogP contribution in [-0.4, -0.2) is 100 Å². The molecule has 1 aromatic carbocycles. The lowest BCUT2D eigenvalue weighted by molar-refractivity contribution is 0.0240. The molecular formula is C31H44N8O4. The van der Waals surface area contributed by atoms with Gasteiger partial charge in [0.1, 0.15) is 18.0 Å². The fraction of sp³-hybridized carbons (Fsp3) is 0.613. The van der Waals surface area contributed by atoms with Crippen LogP contribution in [0.3, 0.4) is 0 Å². The maximum Gasteiger partial charge on any atom is 0.410 e. The van der Waals surface area contributed by atoms with Gasteiger partial charge in [-0.2, -0.15) is 9.97 Å². The minimum absolute atomic E-state index is 0.207. The number of aryl methyl sites for hydroxylation is 1. The fourth-order valence-corrected chi connectivity index (χ4v) is 6.48. The van der Waals surface area contributed by atoms with Crippen molar-refractivity contribution in [1.82, 2.24) is 29.7 Å². The molecule has 2 N–H and O–H groups in total. The molecule has 0 aliphatic carbocycles. The molecule has 12 nitrogen and oxygen atoms in total. The Hall–Kier alpha value is -3.80. The molecule has 43 heavy (non-hydrogen) atoms. The van der Waals surface area contributed by atoms with E-state index >= 15 is 0 Å². The Morgan fingerprint density at radius 3 is 2.51 bits per heavy atom. The van der Waals surface area contributed by atoms with Crippen LogP contribution in [-0.2, 0) is 17.7 Å². The summed E-state index contributed by atoms with van der Waals surface area (Å²) < 4.78 is 11.9. The van der Waals surface area contributed by atoms with E-state index in [1.165, 1.54) is 6.42 Å². The van der Waals surface area contributed by atoms with Crippen LogP contribution in [0.4, 0.5) is 16.3 Å². The molecule has 2 fully saturated rings. The number of H-pyrrole nitrogens is 2. The number of ether oxygens (including phenoxy) is 2. The van der Waals surface area contributed by atoms with Gasteiger partial charge in [-0.05, 0) is 84.7 Å². The summed E-state index contributed by atoms with van der Waals surface area (Å²) in [5.41, 5.74) is 6.25. The Labute approximate surface area is 252 Å². The summed E-state index contributed by atoms with van der Waals surface area (Å²) >= 11 is 0. The zero-order valence-corrected chi connectivity index (χ0v) is 26.2. The molecule has 3 aliphatic heterocycles. The molecule has 2 aromatic heterocycles. The first-order chi connectivity index (χ1) is 20.5. The first-order valence-electron chi connectivity index (χ1n) is 15.4. The number of aromatic amines is 2. The molecule has 0 unspecified atom stereocenters. The second-order valence-corrected chi connectivity index (χ2v) is 13.1. The van der Waals surface area contributed by atoms with Gasteiger partial charge in [0.25, 0.3) is 0 Å². The normalized spacial score (nSPS) is 19.7. The number of rotatable bonds is 5. The van der Waals surface area contributed by atoms with E-state index in [1.54, 1.807) is 4.90 Å². The quantitative estimate of drug-likeness (QED) is 0.459. The number of hydrogen-bond donors (Lipinski definition) is 2. The van der Waals surface area contributed by atoms with E-state index in [4.69, 9.17) is 19.4 Å². The highest BCUT2D eigenvalue weighted by molar-refractivity contribution is 5.91. The molecule has 5 heterocycles. The number of imidazole rings is 1. The minimum Gasteiger partial charge on any atom is -0.462 e. The summed E-state index contributed by atoms with van der Waals surface area (Å²) in [6.07, 6.45) is 2.75. The first-order valence-corrected chi connectivity index (χ1v) is 15.4. The van der Waals surface area contributed by atoms with Crippen LogP contribution in [0.2, 0.25) is 0 Å². The van der Waals surface area contributed by atoms with E-state index in [1.807, 2.05) is 26.8 Å². The standard InChI is InChI=1S/C31H44N8O4/c1-19-16-23-25(34-28(40)32-23)26(20(19)2)39-11-9-22-24(17-39)33-29(42-18-21-8-7-10-36(21)6)35-27(22)37-12-14-38(15-13-37)30(41)43-31(3,4)5/h16,21H,7-15,17-18H2,1-6H3,(H2,32,34,40)/t21-/m0/s1. The lowest BCUT2D eigenvalue weighted by Crippen LogP contribution is -2.50. The van der Waals surface area contributed by atoms with Crippen LogP contribution in [0.1, 0.15) is 56.0 Å². The molecule has 0 spiro atoms. The SMILES string of the molecule is Cc1cc2[nH]c(=O)[nH]c2c(N2CCc3c(nc(OC[C@@H]4CCCN4C)nc3N3CCN(C(=O)OC(C)(C)C)CC3)C2)c1C. The van der Waals surface area contributed by atoms with E-state index in [0.29, 0.717) is 51.4 Å². The predicted molar refractivity (Wildman–Crippen MR) is 166 cm³/mol. The number of benzene rings is 1. The third-order valence-electron chi connectivity index (χ3n) is 8.95. The van der Waals surface area contributed by atoms with Gasteiger partial charge in [0.15, 0.2) is 0 Å². The molecule has 0 bridgehead atoms. The molecular weight excluding hydrogens is 548 g/mol. The van der Waals surface area contributed by atoms with E-state index in [0.717, 1.165) is 70.9 Å². The highest BCUT2D eigenvalue weighted by Crippen LogP contribution is 2.36. The van der Waals surface area contributed by atoms with Gasteiger partial charge in [0.05, 0.1) is 29.0 Å². The number of nitrogens with zero attached hydrogens (tertiary/aromatic N) is 6. The second-order valence-electron chi connectivity index (χ2n) is 13.1. The molecule has 0 radical (unpaired) electrons. The largest absolute Gasteiger partial charge is 0.462 e. The molecule has 1 atom stereocenters. The van der Waals surface area contributed by atoms with Crippen LogP contribution >= 0.6 is 0 Å². The minimum atomic E-state index is -0.528. The van der Waals surface area contributed by atoms with Crippen molar-refractivity contribution in [3.63, 3.8) is 0 Å². The van der Waals surface area contributed by atoms with Crippen molar-refractivity contribution in [2.75, 3.05) is 62.7 Å². The van der Waals surface area contributed by atoms with Crippen LogP contribution in [0, 0.1) is 13.8 Å². The van der Waals surface area contributed by atoms with E-state index in [9.17, 15) is 9.59 Å². The average molecular weight is 593 g/mol. The van der Waals surface area contributed by atoms with Gasteiger partial charge in [-0.3, -0.25) is 0 Å². The van der Waals surface area contributed by atoms with Gasteiger partial charge < -0.3 is 39.0 Å². The number of hydrogen-bond acceptors (Lipinski definition) is 9. The zero-order valence-electron chi connectivity index (χ0n) is 26.2. The third-order valence-corrected chi connectivity index (χ3v) is 8.95. The number of carbonyl (C=O) groups excluding carboxylic acids is 1. The van der Waals surface area contributed by atoms with Gasteiger partial charge >= 0.3 is 17.8 Å². The average Bonchev–Trinajstić information content (AvgIpc) is 3.54. The summed E-state index contributed by atoms with van der Waals surface area (Å²) in [5, 5.41) is 0. The van der Waals surface area contributed by atoms with Crippen molar-refractivity contribution < 1.29 is 14.3 Å². The summed E-state index contributed by atoms with van der Waals surface area (Å²) in [4.78, 5) is 49.5. The molecule has 3 aliphatic rings. The number of piperazine rings is 1. The maximum atomic E-state index is 12.7. The number of likely N-dealkylation sites (N-methyl/N-ethyl adjacent to an activating group) is 1. The molecule has 12 heteroatoms.